The van der Waals surface area contributed by atoms with Crippen LogP contribution in [0.1, 0.15) is 65.0 Å². The first-order chi connectivity index (χ1) is 19.8. The van der Waals surface area contributed by atoms with Crippen LogP contribution in [0, 0.1) is 11.6 Å². The Morgan fingerprint density at radius 2 is 1.63 bits per heavy atom. The molecule has 2 aliphatic rings. The van der Waals surface area contributed by atoms with Gasteiger partial charge in [0.1, 0.15) is 18.8 Å². The van der Waals surface area contributed by atoms with Gasteiger partial charge in [0.2, 0.25) is 0 Å². The van der Waals surface area contributed by atoms with Crippen molar-refractivity contribution in [1.29, 1.82) is 0 Å². The maximum Gasteiger partial charge on any atom is 0.418 e. The zero-order valence-electron chi connectivity index (χ0n) is 23.8. The Bertz CT molecular complexity index is 1130. The molecule has 12 heteroatoms. The highest BCUT2D eigenvalue weighted by atomic mass is 35.5. The van der Waals surface area contributed by atoms with Gasteiger partial charge in [-0.15, -0.1) is 0 Å². The molecular formula is C29H39ClF2N4O5. The lowest BCUT2D eigenvalue weighted by atomic mass is 9.93. The largest absolute Gasteiger partial charge is 0.446 e. The maximum atomic E-state index is 13.6. The molecule has 1 saturated heterocycles. The quantitative estimate of drug-likeness (QED) is 0.296. The minimum absolute atomic E-state index is 0.140. The van der Waals surface area contributed by atoms with Crippen LogP contribution < -0.4 is 16.0 Å². The van der Waals surface area contributed by atoms with Crippen LogP contribution in [0.3, 0.4) is 0 Å². The van der Waals surface area contributed by atoms with Crippen molar-refractivity contribution in [3.63, 3.8) is 0 Å². The third-order valence-corrected chi connectivity index (χ3v) is 6.55. The zero-order chi connectivity index (χ0) is 30.4. The van der Waals surface area contributed by atoms with E-state index >= 15 is 0 Å². The molecule has 1 atom stereocenters. The number of nitrogens with zero attached hydrogens (tertiary/aromatic N) is 1. The molecule has 1 unspecified atom stereocenters. The monoisotopic (exact) mass is 596 g/mol. The predicted molar refractivity (Wildman–Crippen MR) is 154 cm³/mol. The van der Waals surface area contributed by atoms with Crippen molar-refractivity contribution in [2.75, 3.05) is 25.0 Å². The molecule has 9 nitrogen and oxygen atoms in total. The van der Waals surface area contributed by atoms with Crippen molar-refractivity contribution < 1.29 is 32.6 Å². The van der Waals surface area contributed by atoms with Gasteiger partial charge in [0.15, 0.2) is 11.6 Å². The van der Waals surface area contributed by atoms with E-state index in [0.717, 1.165) is 29.9 Å². The Morgan fingerprint density at radius 3 is 2.27 bits per heavy atom. The zero-order valence-corrected chi connectivity index (χ0v) is 24.6. The van der Waals surface area contributed by atoms with Crippen molar-refractivity contribution in [3.8, 4) is 0 Å². The van der Waals surface area contributed by atoms with Gasteiger partial charge in [0.05, 0.1) is 0 Å². The molecule has 2 fully saturated rings. The van der Waals surface area contributed by atoms with E-state index < -0.39 is 35.9 Å². The topological polar surface area (TPSA) is 109 Å². The number of benzene rings is 2. The predicted octanol–water partition coefficient (Wildman–Crippen LogP) is 7.02. The number of hydrogen-bond donors (Lipinski definition) is 3. The number of anilines is 1. The van der Waals surface area contributed by atoms with Gasteiger partial charge in [-0.2, -0.15) is 0 Å². The first kappa shape index (κ1) is 33.8. The van der Waals surface area contributed by atoms with Gasteiger partial charge in [0.25, 0.3) is 0 Å². The molecule has 2 aromatic rings. The van der Waals surface area contributed by atoms with Crippen molar-refractivity contribution in [2.45, 2.75) is 71.6 Å². The lowest BCUT2D eigenvalue weighted by Gasteiger charge is -2.29. The van der Waals surface area contributed by atoms with Crippen molar-refractivity contribution in [1.82, 2.24) is 15.5 Å². The molecule has 2 aromatic carbocycles. The van der Waals surface area contributed by atoms with E-state index in [9.17, 15) is 23.2 Å². The summed E-state index contributed by atoms with van der Waals surface area (Å²) in [5, 5.41) is 9.25. The number of rotatable bonds is 7. The van der Waals surface area contributed by atoms with E-state index in [4.69, 9.17) is 21.1 Å². The fourth-order valence-corrected chi connectivity index (χ4v) is 4.48. The SMILES string of the molecule is CC.CC.O=C(Nc1ccc(Cl)cc1)OC1CCC(NCCNC(=O)N2C(=O)OCC2c2ccc(F)c(F)c2)CC1. The smallest absolute Gasteiger partial charge is 0.418 e. The molecule has 1 saturated carbocycles. The van der Waals surface area contributed by atoms with Gasteiger partial charge in [-0.25, -0.2) is 28.1 Å². The van der Waals surface area contributed by atoms with E-state index in [-0.39, 0.29) is 30.9 Å². The second-order valence-corrected chi connectivity index (χ2v) is 9.27. The molecule has 0 bridgehead atoms. The molecule has 0 radical (unpaired) electrons. The highest BCUT2D eigenvalue weighted by molar-refractivity contribution is 6.30. The normalized spacial score (nSPS) is 19.5. The second-order valence-electron chi connectivity index (χ2n) is 8.83. The number of halogens is 3. The summed E-state index contributed by atoms with van der Waals surface area (Å²) in [6, 6.07) is 8.63. The number of carbonyl (C=O) groups excluding carboxylic acids is 3. The van der Waals surface area contributed by atoms with E-state index in [1.807, 2.05) is 27.7 Å². The molecule has 0 aromatic heterocycles. The number of hydrogen-bond acceptors (Lipinski definition) is 6. The van der Waals surface area contributed by atoms with Crippen molar-refractivity contribution >= 4 is 35.5 Å². The van der Waals surface area contributed by atoms with Crippen LogP contribution in [-0.4, -0.2) is 55.0 Å². The van der Waals surface area contributed by atoms with E-state index in [0.29, 0.717) is 30.1 Å². The fraction of sp³-hybridized carbons (Fsp3) is 0.483. The van der Waals surface area contributed by atoms with Gasteiger partial charge in [0, 0.05) is 29.8 Å². The summed E-state index contributed by atoms with van der Waals surface area (Å²) in [6.45, 7) is 8.56. The molecule has 4 amide bonds. The van der Waals surface area contributed by atoms with Crippen LogP contribution in [0.4, 0.5) is 28.9 Å². The third-order valence-electron chi connectivity index (χ3n) is 6.29. The van der Waals surface area contributed by atoms with Gasteiger partial charge in [-0.1, -0.05) is 45.4 Å². The average Bonchev–Trinajstić information content (AvgIpc) is 3.38. The van der Waals surface area contributed by atoms with Crippen LogP contribution in [0.2, 0.25) is 5.02 Å². The summed E-state index contributed by atoms with van der Waals surface area (Å²) < 4.78 is 37.3. The summed E-state index contributed by atoms with van der Waals surface area (Å²) in [6.07, 6.45) is 1.45. The standard InChI is InChI=1S/C25H27ClF2N4O5.2C2H6/c26-16-2-4-18(5-3-16)31-24(34)37-19-8-6-17(7-9-19)29-11-12-30-23(33)32-22(14-36-25(32)35)15-1-10-20(27)21(28)13-15;2*1-2/h1-5,10,13,17,19,22,29H,6-9,11-12,14H2,(H,30,33)(H,31,34);2*1-2H3. The van der Waals surface area contributed by atoms with E-state index in [1.165, 1.54) is 6.07 Å². The lowest BCUT2D eigenvalue weighted by Crippen LogP contribution is -2.45. The first-order valence-electron chi connectivity index (χ1n) is 14.0. The number of ether oxygens (including phenoxy) is 2. The summed E-state index contributed by atoms with van der Waals surface area (Å²) in [5.41, 5.74) is 0.865. The number of cyclic esters (lactones) is 1. The van der Waals surface area contributed by atoms with Crippen LogP contribution in [-0.2, 0) is 9.47 Å². The first-order valence-corrected chi connectivity index (χ1v) is 14.3. The van der Waals surface area contributed by atoms with Gasteiger partial charge < -0.3 is 20.1 Å². The Hall–Kier alpha value is -3.44. The summed E-state index contributed by atoms with van der Waals surface area (Å²) in [7, 11) is 0. The Morgan fingerprint density at radius 1 is 0.976 bits per heavy atom. The molecule has 41 heavy (non-hydrogen) atoms. The third kappa shape index (κ3) is 10.2. The van der Waals surface area contributed by atoms with E-state index in [2.05, 4.69) is 16.0 Å². The van der Waals surface area contributed by atoms with Crippen molar-refractivity contribution in [3.05, 3.63) is 64.7 Å². The highest BCUT2D eigenvalue weighted by Crippen LogP contribution is 2.29. The Balaban J connectivity index is 0.00000141. The Kier molecular flexibility index (Phi) is 14.3. The average molecular weight is 597 g/mol. The highest BCUT2D eigenvalue weighted by Gasteiger charge is 2.39. The number of urea groups is 1. The van der Waals surface area contributed by atoms with Crippen molar-refractivity contribution in [2.24, 2.45) is 0 Å². The number of carbonyl (C=O) groups is 3. The summed E-state index contributed by atoms with van der Waals surface area (Å²) in [4.78, 5) is 37.6. The molecule has 4 rings (SSSR count). The minimum Gasteiger partial charge on any atom is -0.446 e. The van der Waals surface area contributed by atoms with Gasteiger partial charge in [-0.3, -0.25) is 5.32 Å². The molecule has 1 aliphatic heterocycles. The molecule has 0 spiro atoms. The maximum absolute atomic E-state index is 13.6. The van der Waals surface area contributed by atoms with Crippen LogP contribution in [0.15, 0.2) is 42.5 Å². The summed E-state index contributed by atoms with van der Waals surface area (Å²) >= 11 is 5.84. The fourth-order valence-electron chi connectivity index (χ4n) is 4.36. The van der Waals surface area contributed by atoms with Gasteiger partial charge >= 0.3 is 18.2 Å². The van der Waals surface area contributed by atoms with E-state index in [1.54, 1.807) is 24.3 Å². The molecule has 1 aliphatic carbocycles. The number of imide groups is 1. The lowest BCUT2D eigenvalue weighted by molar-refractivity contribution is 0.0793. The van der Waals surface area contributed by atoms with Crippen LogP contribution in [0.5, 0.6) is 0 Å². The molecular weight excluding hydrogens is 558 g/mol. The second kappa shape index (κ2) is 17.4. The Labute approximate surface area is 244 Å². The minimum atomic E-state index is -1.07. The van der Waals surface area contributed by atoms with Crippen LogP contribution >= 0.6 is 11.6 Å². The van der Waals surface area contributed by atoms with Crippen LogP contribution in [0.25, 0.3) is 0 Å². The number of amides is 4. The van der Waals surface area contributed by atoms with Gasteiger partial charge in [-0.05, 0) is 67.6 Å². The molecule has 1 heterocycles. The molecule has 3 N–H and O–H groups in total. The number of nitrogens with one attached hydrogen (secondary N) is 3. The molecule has 226 valence electrons. The summed E-state index contributed by atoms with van der Waals surface area (Å²) in [5.74, 6) is -2.08.